The van der Waals surface area contributed by atoms with Crippen LogP contribution in [-0.2, 0) is 0 Å². The molecule has 6 aromatic carbocycles. The molecular formula is C46H30N4S2. The van der Waals surface area contributed by atoms with Crippen molar-refractivity contribution < 1.29 is 0 Å². The number of fused-ring (bicyclic) bond motifs is 4. The molecule has 4 heterocycles. The van der Waals surface area contributed by atoms with Crippen LogP contribution in [0.4, 0.5) is 34.1 Å². The van der Waals surface area contributed by atoms with Crippen LogP contribution in [0.1, 0.15) is 0 Å². The molecule has 0 bridgehead atoms. The maximum atomic E-state index is 5.02. The van der Waals surface area contributed by atoms with Crippen LogP contribution in [0, 0.1) is 0 Å². The lowest BCUT2D eigenvalue weighted by Gasteiger charge is -2.33. The van der Waals surface area contributed by atoms with Gasteiger partial charge in [-0.15, -0.1) is 0 Å². The van der Waals surface area contributed by atoms with Crippen molar-refractivity contribution in [1.82, 2.24) is 9.97 Å². The van der Waals surface area contributed by atoms with Crippen molar-refractivity contribution in [2.24, 2.45) is 0 Å². The lowest BCUT2D eigenvalue weighted by Crippen LogP contribution is -2.14. The number of pyridine rings is 2. The molecule has 52 heavy (non-hydrogen) atoms. The second-order valence-electron chi connectivity index (χ2n) is 12.6. The molecule has 4 nitrogen and oxygen atoms in total. The minimum absolute atomic E-state index is 0.915. The molecule has 0 saturated heterocycles. The van der Waals surface area contributed by atoms with Crippen molar-refractivity contribution in [1.29, 1.82) is 0 Å². The highest BCUT2D eigenvalue weighted by atomic mass is 32.2. The van der Waals surface area contributed by atoms with Gasteiger partial charge in [0.25, 0.3) is 0 Å². The van der Waals surface area contributed by atoms with Gasteiger partial charge in [0.15, 0.2) is 0 Å². The lowest BCUT2D eigenvalue weighted by atomic mass is 9.95. The zero-order valence-electron chi connectivity index (χ0n) is 27.9. The molecule has 2 aromatic heterocycles. The second-order valence-corrected chi connectivity index (χ2v) is 14.8. The average molecular weight is 703 g/mol. The van der Waals surface area contributed by atoms with Crippen molar-refractivity contribution in [3.8, 4) is 33.6 Å². The van der Waals surface area contributed by atoms with E-state index in [9.17, 15) is 0 Å². The molecule has 0 amide bonds. The summed E-state index contributed by atoms with van der Waals surface area (Å²) in [4.78, 5) is 19.7. The predicted octanol–water partition coefficient (Wildman–Crippen LogP) is 13.3. The van der Waals surface area contributed by atoms with Crippen molar-refractivity contribution in [2.75, 3.05) is 9.80 Å². The largest absolute Gasteiger partial charge is 0.308 e. The number of nitrogens with zero attached hydrogens (tertiary/aromatic N) is 4. The van der Waals surface area contributed by atoms with Crippen molar-refractivity contribution >= 4 is 57.6 Å². The maximum Gasteiger partial charge on any atom is 0.0781 e. The number of benzene rings is 6. The Morgan fingerprint density at radius 1 is 0.346 bits per heavy atom. The first-order chi connectivity index (χ1) is 25.8. The number of anilines is 6. The van der Waals surface area contributed by atoms with E-state index in [1.807, 2.05) is 48.1 Å². The van der Waals surface area contributed by atoms with Gasteiger partial charge in [0.1, 0.15) is 0 Å². The summed E-state index contributed by atoms with van der Waals surface area (Å²) in [6.07, 6.45) is 3.77. The molecule has 10 rings (SSSR count). The molecule has 8 aromatic rings. The first-order valence-corrected chi connectivity index (χ1v) is 18.9. The van der Waals surface area contributed by atoms with E-state index in [1.54, 1.807) is 0 Å². The highest BCUT2D eigenvalue weighted by molar-refractivity contribution is 8.00. The van der Waals surface area contributed by atoms with Crippen LogP contribution in [0.3, 0.4) is 0 Å². The quantitative estimate of drug-likeness (QED) is 0.178. The normalized spacial score (nSPS) is 12.8. The fourth-order valence-electron chi connectivity index (χ4n) is 7.26. The molecule has 0 aliphatic carbocycles. The van der Waals surface area contributed by atoms with Crippen LogP contribution in [0.25, 0.3) is 33.6 Å². The first-order valence-electron chi connectivity index (χ1n) is 17.2. The van der Waals surface area contributed by atoms with E-state index in [2.05, 4.69) is 168 Å². The highest BCUT2D eigenvalue weighted by Crippen LogP contribution is 2.53. The molecule has 2 aliphatic rings. The van der Waals surface area contributed by atoms with Crippen LogP contribution in [-0.4, -0.2) is 9.97 Å². The summed E-state index contributed by atoms with van der Waals surface area (Å²) in [6.45, 7) is 0. The zero-order valence-corrected chi connectivity index (χ0v) is 29.6. The Balaban J connectivity index is 1.08. The van der Waals surface area contributed by atoms with E-state index in [0.29, 0.717) is 0 Å². The maximum absolute atomic E-state index is 5.02. The third-order valence-electron chi connectivity index (χ3n) is 9.53. The summed E-state index contributed by atoms with van der Waals surface area (Å²) < 4.78 is 0. The Morgan fingerprint density at radius 3 is 1.10 bits per heavy atom. The van der Waals surface area contributed by atoms with Crippen molar-refractivity contribution in [3.05, 3.63) is 182 Å². The fraction of sp³-hybridized carbons (Fsp3) is 0. The molecular weight excluding hydrogens is 673 g/mol. The molecule has 246 valence electrons. The van der Waals surface area contributed by atoms with Crippen LogP contribution < -0.4 is 9.80 Å². The van der Waals surface area contributed by atoms with E-state index in [0.717, 1.165) is 45.0 Å². The smallest absolute Gasteiger partial charge is 0.0781 e. The molecule has 0 saturated carbocycles. The molecule has 0 N–H and O–H groups in total. The number of aromatic nitrogens is 2. The number of para-hydroxylation sites is 4. The first kappa shape index (κ1) is 30.7. The highest BCUT2D eigenvalue weighted by Gasteiger charge is 2.26. The van der Waals surface area contributed by atoms with Crippen molar-refractivity contribution in [2.45, 2.75) is 19.6 Å². The van der Waals surface area contributed by atoms with Gasteiger partial charge in [-0.3, -0.25) is 9.97 Å². The topological polar surface area (TPSA) is 32.3 Å². The minimum atomic E-state index is 0.915. The van der Waals surface area contributed by atoms with Crippen LogP contribution in [0.2, 0.25) is 0 Å². The summed E-state index contributed by atoms with van der Waals surface area (Å²) in [5.41, 5.74) is 12.9. The van der Waals surface area contributed by atoms with Gasteiger partial charge < -0.3 is 9.80 Å². The predicted molar refractivity (Wildman–Crippen MR) is 216 cm³/mol. The molecule has 2 aliphatic heterocycles. The third-order valence-corrected chi connectivity index (χ3v) is 11.8. The van der Waals surface area contributed by atoms with Crippen LogP contribution in [0.5, 0.6) is 0 Å². The summed E-state index contributed by atoms with van der Waals surface area (Å²) in [7, 11) is 0. The Labute approximate surface area is 311 Å². The average Bonchev–Trinajstić information content (AvgIpc) is 3.22. The molecule has 0 radical (unpaired) electrons. The van der Waals surface area contributed by atoms with E-state index in [1.165, 1.54) is 42.3 Å². The number of hydrogen-bond acceptors (Lipinski definition) is 6. The van der Waals surface area contributed by atoms with Gasteiger partial charge in [-0.2, -0.15) is 0 Å². The van der Waals surface area contributed by atoms with Gasteiger partial charge >= 0.3 is 0 Å². The minimum Gasteiger partial charge on any atom is -0.308 e. The van der Waals surface area contributed by atoms with E-state index >= 15 is 0 Å². The molecule has 6 heteroatoms. The monoisotopic (exact) mass is 702 g/mol. The molecule has 0 fully saturated rings. The Kier molecular flexibility index (Phi) is 7.63. The van der Waals surface area contributed by atoms with E-state index in [-0.39, 0.29) is 0 Å². The Bertz CT molecular complexity index is 2360. The SMILES string of the molecule is c1cc(-c2ncccc2-c2cccnc2-c2cccc(N3c4ccccc4Sc4ccccc43)c2)cc(N2c3ccccc3Sc3ccccc32)c1. The molecule has 0 atom stereocenters. The number of hydrogen-bond donors (Lipinski definition) is 0. The van der Waals surface area contributed by atoms with Crippen LogP contribution in [0.15, 0.2) is 202 Å². The standard InChI is InChI=1S/C46H30N4S2/c1-5-23-41-37(19-1)49(38-20-2-6-24-42(38)51-41)33-15-9-13-31(29-33)45-35(17-11-27-47-45)36-18-12-28-48-46(36)32-14-10-16-34(30-32)50-39-21-3-7-25-43(39)52-44-26-8-4-22-40(44)50/h1-30H. The second kappa shape index (κ2) is 12.9. The van der Waals surface area contributed by atoms with Gasteiger partial charge in [-0.05, 0) is 84.9 Å². The molecule has 0 spiro atoms. The van der Waals surface area contributed by atoms with Crippen molar-refractivity contribution in [3.63, 3.8) is 0 Å². The van der Waals surface area contributed by atoms with Gasteiger partial charge in [0, 0.05) is 65.6 Å². The zero-order chi connectivity index (χ0) is 34.4. The van der Waals surface area contributed by atoms with Gasteiger partial charge in [-0.1, -0.05) is 108 Å². The Morgan fingerprint density at radius 2 is 0.712 bits per heavy atom. The van der Waals surface area contributed by atoms with E-state index in [4.69, 9.17) is 9.97 Å². The van der Waals surface area contributed by atoms with Crippen LogP contribution >= 0.6 is 23.5 Å². The number of rotatable bonds is 5. The van der Waals surface area contributed by atoms with E-state index < -0.39 is 0 Å². The lowest BCUT2D eigenvalue weighted by molar-refractivity contribution is 1.16. The third kappa shape index (κ3) is 5.27. The van der Waals surface area contributed by atoms with Gasteiger partial charge in [0.05, 0.1) is 34.1 Å². The van der Waals surface area contributed by atoms with Gasteiger partial charge in [-0.25, -0.2) is 0 Å². The summed E-state index contributed by atoms with van der Waals surface area (Å²) in [5.74, 6) is 0. The summed E-state index contributed by atoms with van der Waals surface area (Å²) >= 11 is 3.64. The molecule has 0 unspecified atom stereocenters. The Hall–Kier alpha value is -6.08. The summed E-state index contributed by atoms with van der Waals surface area (Å²) in [6, 6.07) is 60.3. The fourth-order valence-corrected chi connectivity index (χ4v) is 9.37. The van der Waals surface area contributed by atoms with Gasteiger partial charge in [0.2, 0.25) is 0 Å². The summed E-state index contributed by atoms with van der Waals surface area (Å²) in [5, 5.41) is 0.